The molecule has 0 radical (unpaired) electrons. The van der Waals surface area contributed by atoms with Crippen LogP contribution in [0.25, 0.3) is 0 Å². The van der Waals surface area contributed by atoms with Crippen LogP contribution in [0.3, 0.4) is 0 Å². The lowest BCUT2D eigenvalue weighted by Crippen LogP contribution is -2.21. The summed E-state index contributed by atoms with van der Waals surface area (Å²) < 4.78 is 30.3. The van der Waals surface area contributed by atoms with Gasteiger partial charge in [-0.2, -0.15) is 0 Å². The zero-order valence-electron chi connectivity index (χ0n) is 11.8. The van der Waals surface area contributed by atoms with Gasteiger partial charge < -0.3 is 9.73 Å². The number of hydrogen-bond donors (Lipinski definition) is 1. The fraction of sp³-hybridized carbons (Fsp3) is 0.286. The van der Waals surface area contributed by atoms with Crippen molar-refractivity contribution in [2.45, 2.75) is 18.6 Å². The Bertz CT molecular complexity index is 690. The molecule has 0 spiro atoms. The first kappa shape index (κ1) is 14.6. The van der Waals surface area contributed by atoms with E-state index in [2.05, 4.69) is 5.32 Å². The largest absolute Gasteiger partial charge is 0.446 e. The van der Waals surface area contributed by atoms with Crippen molar-refractivity contribution in [2.75, 3.05) is 19.4 Å². The zero-order valence-corrected chi connectivity index (χ0v) is 12.6. The Morgan fingerprint density at radius 1 is 1.20 bits per heavy atom. The predicted molar refractivity (Wildman–Crippen MR) is 78.1 cm³/mol. The molecule has 2 aromatic rings. The third-order valence-corrected chi connectivity index (χ3v) is 4.55. The first-order valence-corrected chi connectivity index (χ1v) is 7.65. The second-order valence-corrected chi connectivity index (χ2v) is 6.81. The summed E-state index contributed by atoms with van der Waals surface area (Å²) in [6.45, 7) is 2.45. The quantitative estimate of drug-likeness (QED) is 0.920. The number of anilines is 1. The number of nitrogens with zero attached hydrogens (tertiary/aromatic N) is 1. The summed E-state index contributed by atoms with van der Waals surface area (Å²) in [4.78, 5) is 0. The van der Waals surface area contributed by atoms with E-state index >= 15 is 0 Å². The zero-order chi connectivity index (χ0) is 14.8. The van der Waals surface area contributed by atoms with Crippen LogP contribution < -0.4 is 5.32 Å². The Kier molecular flexibility index (Phi) is 4.15. The molecular weight excluding hydrogens is 276 g/mol. The smallest absolute Gasteiger partial charge is 0.275 e. The van der Waals surface area contributed by atoms with Crippen LogP contribution in [0.2, 0.25) is 0 Å². The molecule has 1 N–H and O–H groups in total. The Labute approximate surface area is 119 Å². The molecule has 5 nitrogen and oxygen atoms in total. The fourth-order valence-corrected chi connectivity index (χ4v) is 2.53. The number of furan rings is 1. The van der Waals surface area contributed by atoms with Crippen LogP contribution >= 0.6 is 0 Å². The molecule has 0 aliphatic carbocycles. The van der Waals surface area contributed by atoms with E-state index in [1.807, 2.05) is 31.2 Å². The normalized spacial score (nSPS) is 11.8. The first-order chi connectivity index (χ1) is 9.39. The summed E-state index contributed by atoms with van der Waals surface area (Å²) >= 11 is 0. The molecule has 6 heteroatoms. The van der Waals surface area contributed by atoms with Crippen LogP contribution in [0.15, 0.2) is 45.9 Å². The lowest BCUT2D eigenvalue weighted by Gasteiger charge is -2.08. The molecule has 2 rings (SSSR count). The van der Waals surface area contributed by atoms with E-state index < -0.39 is 10.0 Å². The van der Waals surface area contributed by atoms with Crippen LogP contribution in [0.5, 0.6) is 0 Å². The van der Waals surface area contributed by atoms with Crippen LogP contribution in [0.1, 0.15) is 11.3 Å². The number of benzene rings is 1. The number of rotatable bonds is 5. The molecule has 0 atom stereocenters. The van der Waals surface area contributed by atoms with E-state index in [0.29, 0.717) is 12.3 Å². The molecule has 0 saturated carbocycles. The SMILES string of the molecule is Cc1cccc(NCc2ccc(S(=O)(=O)N(C)C)o2)c1. The molecule has 1 aromatic carbocycles. The highest BCUT2D eigenvalue weighted by atomic mass is 32.2. The summed E-state index contributed by atoms with van der Waals surface area (Å²) in [6, 6.07) is 11.1. The van der Waals surface area contributed by atoms with Gasteiger partial charge in [0.1, 0.15) is 5.76 Å². The average Bonchev–Trinajstić information content (AvgIpc) is 2.85. The molecule has 1 aromatic heterocycles. The van der Waals surface area contributed by atoms with E-state index in [1.54, 1.807) is 6.07 Å². The van der Waals surface area contributed by atoms with Gasteiger partial charge in [-0.1, -0.05) is 12.1 Å². The van der Waals surface area contributed by atoms with Crippen LogP contribution in [0, 0.1) is 6.92 Å². The number of sulfonamides is 1. The van der Waals surface area contributed by atoms with Crippen molar-refractivity contribution >= 4 is 15.7 Å². The topological polar surface area (TPSA) is 62.6 Å². The lowest BCUT2D eigenvalue weighted by molar-refractivity contribution is 0.402. The highest BCUT2D eigenvalue weighted by Gasteiger charge is 2.21. The van der Waals surface area contributed by atoms with Crippen LogP contribution in [0.4, 0.5) is 5.69 Å². The van der Waals surface area contributed by atoms with Crippen molar-refractivity contribution in [3.63, 3.8) is 0 Å². The minimum Gasteiger partial charge on any atom is -0.446 e. The minimum absolute atomic E-state index is 0.0384. The standard InChI is InChI=1S/C14H18N2O3S/c1-11-5-4-6-12(9-11)15-10-13-7-8-14(19-13)20(17,18)16(2)3/h4-9,15H,10H2,1-3H3. The monoisotopic (exact) mass is 294 g/mol. The van der Waals surface area contributed by atoms with Gasteiger partial charge in [-0.05, 0) is 36.8 Å². The maximum absolute atomic E-state index is 11.9. The first-order valence-electron chi connectivity index (χ1n) is 6.21. The summed E-state index contributed by atoms with van der Waals surface area (Å²) in [6.07, 6.45) is 0. The van der Waals surface area contributed by atoms with Gasteiger partial charge in [0.2, 0.25) is 5.09 Å². The highest BCUT2D eigenvalue weighted by Crippen LogP contribution is 2.18. The van der Waals surface area contributed by atoms with E-state index in [1.165, 1.54) is 20.2 Å². The van der Waals surface area contributed by atoms with Crippen molar-refractivity contribution in [1.29, 1.82) is 0 Å². The van der Waals surface area contributed by atoms with Gasteiger partial charge in [0.05, 0.1) is 6.54 Å². The van der Waals surface area contributed by atoms with Gasteiger partial charge in [-0.3, -0.25) is 0 Å². The molecule has 1 heterocycles. The van der Waals surface area contributed by atoms with E-state index in [-0.39, 0.29) is 5.09 Å². The Balaban J connectivity index is 2.07. The van der Waals surface area contributed by atoms with Crippen molar-refractivity contribution in [2.24, 2.45) is 0 Å². The van der Waals surface area contributed by atoms with E-state index in [4.69, 9.17) is 4.42 Å². The molecule has 0 unspecified atom stereocenters. The number of nitrogens with one attached hydrogen (secondary N) is 1. The third kappa shape index (κ3) is 3.20. The Morgan fingerprint density at radius 3 is 2.60 bits per heavy atom. The molecule has 0 aliphatic heterocycles. The van der Waals surface area contributed by atoms with Crippen molar-refractivity contribution in [1.82, 2.24) is 4.31 Å². The minimum atomic E-state index is -3.51. The van der Waals surface area contributed by atoms with E-state index in [9.17, 15) is 8.42 Å². The summed E-state index contributed by atoms with van der Waals surface area (Å²) in [5, 5.41) is 3.16. The van der Waals surface area contributed by atoms with E-state index in [0.717, 1.165) is 15.6 Å². The molecule has 20 heavy (non-hydrogen) atoms. The highest BCUT2D eigenvalue weighted by molar-refractivity contribution is 7.88. The maximum atomic E-state index is 11.9. The molecular formula is C14H18N2O3S. The average molecular weight is 294 g/mol. The second-order valence-electron chi connectivity index (χ2n) is 4.73. The molecule has 108 valence electrons. The van der Waals surface area contributed by atoms with Gasteiger partial charge in [0, 0.05) is 19.8 Å². The number of hydrogen-bond acceptors (Lipinski definition) is 4. The van der Waals surface area contributed by atoms with Crippen molar-refractivity contribution in [3.05, 3.63) is 47.7 Å². The second kappa shape index (κ2) is 5.68. The maximum Gasteiger partial charge on any atom is 0.275 e. The molecule has 0 aliphatic rings. The predicted octanol–water partition coefficient (Wildman–Crippen LogP) is 2.45. The van der Waals surface area contributed by atoms with Gasteiger partial charge >= 0.3 is 0 Å². The summed E-state index contributed by atoms with van der Waals surface area (Å²) in [7, 11) is -0.557. The summed E-state index contributed by atoms with van der Waals surface area (Å²) in [5.74, 6) is 0.576. The van der Waals surface area contributed by atoms with Crippen molar-refractivity contribution in [3.8, 4) is 0 Å². The Morgan fingerprint density at radius 2 is 1.95 bits per heavy atom. The number of aryl methyl sites for hydroxylation is 1. The molecule has 0 bridgehead atoms. The van der Waals surface area contributed by atoms with Crippen molar-refractivity contribution < 1.29 is 12.8 Å². The fourth-order valence-electron chi connectivity index (χ4n) is 1.72. The Hall–Kier alpha value is -1.79. The lowest BCUT2D eigenvalue weighted by atomic mass is 10.2. The van der Waals surface area contributed by atoms with Crippen LogP contribution in [-0.2, 0) is 16.6 Å². The van der Waals surface area contributed by atoms with Gasteiger partial charge in [-0.25, -0.2) is 12.7 Å². The third-order valence-electron chi connectivity index (χ3n) is 2.86. The molecule has 0 amide bonds. The van der Waals surface area contributed by atoms with Gasteiger partial charge in [0.15, 0.2) is 0 Å². The van der Waals surface area contributed by atoms with Gasteiger partial charge in [-0.15, -0.1) is 0 Å². The van der Waals surface area contributed by atoms with Crippen LogP contribution in [-0.4, -0.2) is 26.8 Å². The molecule has 0 fully saturated rings. The summed E-state index contributed by atoms with van der Waals surface area (Å²) in [5.41, 5.74) is 2.13. The molecule has 0 saturated heterocycles. The van der Waals surface area contributed by atoms with Gasteiger partial charge in [0.25, 0.3) is 10.0 Å².